The molecule has 0 saturated heterocycles. The zero-order chi connectivity index (χ0) is 15.9. The van der Waals surface area contributed by atoms with Crippen LogP contribution in [0, 0.1) is 17.8 Å². The first-order valence-corrected chi connectivity index (χ1v) is 8.09. The Morgan fingerprint density at radius 1 is 1.09 bits per heavy atom. The lowest BCUT2D eigenvalue weighted by Gasteiger charge is -2.57. The van der Waals surface area contributed by atoms with Crippen molar-refractivity contribution in [1.29, 1.82) is 0 Å². The SMILES string of the molecule is CCOC(=O)C(C(=O)OC)=C1C2CC3CC(C2)CC1(OC)C3. The minimum atomic E-state index is -0.600. The van der Waals surface area contributed by atoms with Gasteiger partial charge in [0.15, 0.2) is 0 Å². The van der Waals surface area contributed by atoms with Gasteiger partial charge in [-0.3, -0.25) is 0 Å². The predicted octanol–water partition coefficient (Wildman–Crippen LogP) is 2.24. The highest BCUT2D eigenvalue weighted by atomic mass is 16.5. The van der Waals surface area contributed by atoms with E-state index in [1.54, 1.807) is 14.0 Å². The zero-order valence-electron chi connectivity index (χ0n) is 13.5. The van der Waals surface area contributed by atoms with Crippen LogP contribution in [0.2, 0.25) is 0 Å². The average molecular weight is 308 g/mol. The molecule has 0 aliphatic heterocycles. The van der Waals surface area contributed by atoms with E-state index < -0.39 is 17.5 Å². The molecule has 4 saturated carbocycles. The van der Waals surface area contributed by atoms with E-state index in [2.05, 4.69) is 0 Å². The molecular weight excluding hydrogens is 284 g/mol. The van der Waals surface area contributed by atoms with Gasteiger partial charge in [-0.05, 0) is 62.4 Å². The van der Waals surface area contributed by atoms with Crippen LogP contribution in [0.1, 0.15) is 39.0 Å². The van der Waals surface area contributed by atoms with Crippen molar-refractivity contribution < 1.29 is 23.8 Å². The van der Waals surface area contributed by atoms with Gasteiger partial charge in [0.1, 0.15) is 5.57 Å². The van der Waals surface area contributed by atoms with E-state index in [1.807, 2.05) is 0 Å². The second-order valence-electron chi connectivity index (χ2n) is 6.74. The summed E-state index contributed by atoms with van der Waals surface area (Å²) in [4.78, 5) is 24.7. The Morgan fingerprint density at radius 3 is 2.23 bits per heavy atom. The lowest BCUT2D eigenvalue weighted by molar-refractivity contribution is -0.147. The fraction of sp³-hybridized carbons (Fsp3) is 0.765. The molecule has 22 heavy (non-hydrogen) atoms. The molecule has 0 N–H and O–H groups in total. The second-order valence-corrected chi connectivity index (χ2v) is 6.74. The Balaban J connectivity index is 2.11. The van der Waals surface area contributed by atoms with Crippen LogP contribution in [0.25, 0.3) is 0 Å². The maximum absolute atomic E-state index is 12.4. The Morgan fingerprint density at radius 2 is 1.73 bits per heavy atom. The van der Waals surface area contributed by atoms with Crippen LogP contribution in [0.3, 0.4) is 0 Å². The number of methoxy groups -OCH3 is 2. The number of hydrogen-bond acceptors (Lipinski definition) is 5. The van der Waals surface area contributed by atoms with Crippen molar-refractivity contribution >= 4 is 11.9 Å². The summed E-state index contributed by atoms with van der Waals surface area (Å²) in [7, 11) is 2.99. The number of rotatable bonds is 4. The van der Waals surface area contributed by atoms with Gasteiger partial charge in [-0.25, -0.2) is 9.59 Å². The number of hydrogen-bond donors (Lipinski definition) is 0. The van der Waals surface area contributed by atoms with E-state index in [1.165, 1.54) is 13.5 Å². The minimum Gasteiger partial charge on any atom is -0.465 e. The highest BCUT2D eigenvalue weighted by molar-refractivity contribution is 6.15. The molecule has 4 fully saturated rings. The first-order valence-electron chi connectivity index (χ1n) is 8.09. The molecule has 4 aliphatic rings. The Bertz CT molecular complexity index is 507. The van der Waals surface area contributed by atoms with Crippen LogP contribution >= 0.6 is 0 Å². The summed E-state index contributed by atoms with van der Waals surface area (Å²) >= 11 is 0. The van der Waals surface area contributed by atoms with E-state index in [-0.39, 0.29) is 18.1 Å². The highest BCUT2D eigenvalue weighted by Crippen LogP contribution is 2.60. The van der Waals surface area contributed by atoms with Gasteiger partial charge in [-0.1, -0.05) is 0 Å². The van der Waals surface area contributed by atoms with Crippen LogP contribution < -0.4 is 0 Å². The van der Waals surface area contributed by atoms with Crippen LogP contribution in [0.15, 0.2) is 11.1 Å². The fourth-order valence-corrected chi connectivity index (χ4v) is 5.06. The van der Waals surface area contributed by atoms with Crippen LogP contribution in [0.4, 0.5) is 0 Å². The van der Waals surface area contributed by atoms with Crippen molar-refractivity contribution in [3.05, 3.63) is 11.1 Å². The van der Waals surface area contributed by atoms with Crippen molar-refractivity contribution in [3.63, 3.8) is 0 Å². The minimum absolute atomic E-state index is 0.0787. The third-order valence-electron chi connectivity index (χ3n) is 5.57. The molecule has 4 rings (SSSR count). The Hall–Kier alpha value is -1.36. The van der Waals surface area contributed by atoms with Gasteiger partial charge in [0, 0.05) is 7.11 Å². The van der Waals surface area contributed by atoms with E-state index in [0.717, 1.165) is 31.3 Å². The van der Waals surface area contributed by atoms with Crippen molar-refractivity contribution in [2.75, 3.05) is 20.8 Å². The van der Waals surface area contributed by atoms with Crippen LogP contribution in [-0.2, 0) is 23.8 Å². The van der Waals surface area contributed by atoms with Gasteiger partial charge in [-0.15, -0.1) is 0 Å². The number of ether oxygens (including phenoxy) is 3. The zero-order valence-corrected chi connectivity index (χ0v) is 13.5. The lowest BCUT2D eigenvalue weighted by atomic mass is 9.51. The molecule has 4 bridgehead atoms. The molecule has 2 atom stereocenters. The standard InChI is InChI=1S/C17H24O5/c1-4-22-16(19)13(15(18)20-2)14-12-6-10-5-11(7-12)9-17(14,8-10)21-3/h10-12H,4-9H2,1-3H3. The summed E-state index contributed by atoms with van der Waals surface area (Å²) in [5.74, 6) is 0.347. The lowest BCUT2D eigenvalue weighted by Crippen LogP contribution is -2.54. The van der Waals surface area contributed by atoms with Gasteiger partial charge in [0.05, 0.1) is 19.3 Å². The Kier molecular flexibility index (Phi) is 4.02. The molecule has 122 valence electrons. The third kappa shape index (κ3) is 2.26. The van der Waals surface area contributed by atoms with Gasteiger partial charge < -0.3 is 14.2 Å². The summed E-state index contributed by atoms with van der Waals surface area (Å²) < 4.78 is 15.9. The molecule has 0 radical (unpaired) electrons. The van der Waals surface area contributed by atoms with E-state index in [9.17, 15) is 9.59 Å². The number of esters is 2. The largest absolute Gasteiger partial charge is 0.465 e. The van der Waals surface area contributed by atoms with Crippen LogP contribution in [-0.4, -0.2) is 38.4 Å². The summed E-state index contributed by atoms with van der Waals surface area (Å²) in [6.45, 7) is 1.98. The summed E-state index contributed by atoms with van der Waals surface area (Å²) in [5, 5.41) is 0. The monoisotopic (exact) mass is 308 g/mol. The smallest absolute Gasteiger partial charge is 0.345 e. The van der Waals surface area contributed by atoms with E-state index in [0.29, 0.717) is 11.8 Å². The van der Waals surface area contributed by atoms with Gasteiger partial charge in [0.25, 0.3) is 0 Å². The van der Waals surface area contributed by atoms with Crippen molar-refractivity contribution in [3.8, 4) is 0 Å². The fourth-order valence-electron chi connectivity index (χ4n) is 5.06. The molecule has 0 aromatic rings. The molecular formula is C17H24O5. The second kappa shape index (κ2) is 5.69. The molecule has 5 nitrogen and oxygen atoms in total. The first kappa shape index (κ1) is 15.5. The van der Waals surface area contributed by atoms with Crippen molar-refractivity contribution in [2.45, 2.75) is 44.6 Å². The molecule has 0 aromatic heterocycles. The van der Waals surface area contributed by atoms with E-state index in [4.69, 9.17) is 14.2 Å². The van der Waals surface area contributed by atoms with Gasteiger partial charge >= 0.3 is 11.9 Å². The van der Waals surface area contributed by atoms with Crippen molar-refractivity contribution in [2.24, 2.45) is 17.8 Å². The quantitative estimate of drug-likeness (QED) is 0.345. The third-order valence-corrected chi connectivity index (χ3v) is 5.57. The topological polar surface area (TPSA) is 61.8 Å². The van der Waals surface area contributed by atoms with Crippen molar-refractivity contribution in [1.82, 2.24) is 0 Å². The normalized spacial score (nSPS) is 37.9. The van der Waals surface area contributed by atoms with Gasteiger partial charge in [-0.2, -0.15) is 0 Å². The number of carbonyl (C=O) groups is 2. The molecule has 2 unspecified atom stereocenters. The first-order chi connectivity index (χ1) is 10.5. The van der Waals surface area contributed by atoms with E-state index >= 15 is 0 Å². The van der Waals surface area contributed by atoms with Crippen LogP contribution in [0.5, 0.6) is 0 Å². The predicted molar refractivity (Wildman–Crippen MR) is 79.0 cm³/mol. The molecule has 0 spiro atoms. The maximum atomic E-state index is 12.4. The van der Waals surface area contributed by atoms with Gasteiger partial charge in [0.2, 0.25) is 0 Å². The molecule has 0 amide bonds. The molecule has 0 heterocycles. The molecule has 0 aromatic carbocycles. The maximum Gasteiger partial charge on any atom is 0.345 e. The summed E-state index contributed by atoms with van der Waals surface area (Å²) in [6.07, 6.45) is 5.12. The average Bonchev–Trinajstić information content (AvgIpc) is 2.49. The summed E-state index contributed by atoms with van der Waals surface area (Å²) in [6, 6.07) is 0. The number of carbonyl (C=O) groups excluding carboxylic acids is 2. The molecule has 5 heteroatoms. The highest BCUT2D eigenvalue weighted by Gasteiger charge is 2.57. The molecule has 4 aliphatic carbocycles. The Labute approximate surface area is 131 Å². The summed E-state index contributed by atoms with van der Waals surface area (Å²) in [5.41, 5.74) is 0.438.